The van der Waals surface area contributed by atoms with E-state index in [1.165, 1.54) is 12.1 Å². The van der Waals surface area contributed by atoms with Gasteiger partial charge in [0.2, 0.25) is 0 Å². The minimum atomic E-state index is -3.83. The van der Waals surface area contributed by atoms with Crippen molar-refractivity contribution in [3.8, 4) is 17.2 Å². The molecule has 4 aromatic rings. The Hall–Kier alpha value is -4.31. The fourth-order valence-electron chi connectivity index (χ4n) is 3.62. The minimum Gasteiger partial charge on any atom is -0.486 e. The molecule has 0 radical (unpaired) electrons. The highest BCUT2D eigenvalue weighted by Gasteiger charge is 2.19. The molecule has 10 heteroatoms. The van der Waals surface area contributed by atoms with Gasteiger partial charge in [0, 0.05) is 34.9 Å². The van der Waals surface area contributed by atoms with E-state index in [0.29, 0.717) is 41.7 Å². The van der Waals surface area contributed by atoms with Crippen molar-refractivity contribution in [3.05, 3.63) is 90.3 Å². The molecule has 178 valence electrons. The van der Waals surface area contributed by atoms with Gasteiger partial charge in [0.25, 0.3) is 15.9 Å². The van der Waals surface area contributed by atoms with E-state index in [4.69, 9.17) is 9.47 Å². The van der Waals surface area contributed by atoms with Gasteiger partial charge in [-0.1, -0.05) is 0 Å². The van der Waals surface area contributed by atoms with E-state index >= 15 is 0 Å². The standard InChI is InChI=1S/C25H22N4O5S/c1-17-12-13-26-29(17)21-8-2-18(3-9-21)25(30)27-19-4-6-20(7-5-19)28-35(31,32)22-10-11-23-24(16-22)34-15-14-33-23/h2-13,16,28H,14-15H2,1H3,(H,27,30). The smallest absolute Gasteiger partial charge is 0.262 e. The average Bonchev–Trinajstić information content (AvgIpc) is 3.30. The third-order valence-corrected chi connectivity index (χ3v) is 6.80. The Labute approximate surface area is 202 Å². The molecular weight excluding hydrogens is 468 g/mol. The van der Waals surface area contributed by atoms with Crippen molar-refractivity contribution in [1.29, 1.82) is 0 Å². The number of carbonyl (C=O) groups is 1. The van der Waals surface area contributed by atoms with Crippen LogP contribution >= 0.6 is 0 Å². The zero-order chi connectivity index (χ0) is 24.4. The van der Waals surface area contributed by atoms with Crippen LogP contribution in [0.2, 0.25) is 0 Å². The number of aryl methyl sites for hydroxylation is 1. The number of anilines is 2. The van der Waals surface area contributed by atoms with Gasteiger partial charge in [0.05, 0.1) is 10.6 Å². The van der Waals surface area contributed by atoms with E-state index < -0.39 is 10.0 Å². The maximum atomic E-state index is 12.8. The summed E-state index contributed by atoms with van der Waals surface area (Å²) in [6.45, 7) is 2.75. The fourth-order valence-corrected chi connectivity index (χ4v) is 4.70. The van der Waals surface area contributed by atoms with Crippen LogP contribution in [0.1, 0.15) is 16.1 Å². The largest absolute Gasteiger partial charge is 0.486 e. The number of sulfonamides is 1. The molecule has 2 heterocycles. The maximum Gasteiger partial charge on any atom is 0.262 e. The van der Waals surface area contributed by atoms with Gasteiger partial charge in [-0.3, -0.25) is 9.52 Å². The molecule has 0 fully saturated rings. The number of ether oxygens (including phenoxy) is 2. The second-order valence-corrected chi connectivity index (χ2v) is 9.56. The van der Waals surface area contributed by atoms with Crippen molar-refractivity contribution in [3.63, 3.8) is 0 Å². The molecule has 3 aromatic carbocycles. The van der Waals surface area contributed by atoms with Gasteiger partial charge in [-0.05, 0) is 73.7 Å². The third kappa shape index (κ3) is 4.82. The lowest BCUT2D eigenvalue weighted by atomic mass is 10.2. The van der Waals surface area contributed by atoms with Crippen molar-refractivity contribution in [1.82, 2.24) is 9.78 Å². The molecule has 0 saturated heterocycles. The number of fused-ring (bicyclic) bond motifs is 1. The van der Waals surface area contributed by atoms with Gasteiger partial charge in [0.15, 0.2) is 11.5 Å². The van der Waals surface area contributed by atoms with Gasteiger partial charge < -0.3 is 14.8 Å². The number of nitrogens with one attached hydrogen (secondary N) is 2. The third-order valence-electron chi connectivity index (χ3n) is 5.42. The van der Waals surface area contributed by atoms with Crippen LogP contribution < -0.4 is 19.5 Å². The number of aromatic nitrogens is 2. The first-order valence-corrected chi connectivity index (χ1v) is 12.3. The lowest BCUT2D eigenvalue weighted by Gasteiger charge is -2.19. The molecule has 0 bridgehead atoms. The Kier molecular flexibility index (Phi) is 5.87. The van der Waals surface area contributed by atoms with Gasteiger partial charge in [0.1, 0.15) is 13.2 Å². The number of hydrogen-bond donors (Lipinski definition) is 2. The van der Waals surface area contributed by atoms with Gasteiger partial charge in [-0.25, -0.2) is 13.1 Å². The number of nitrogens with zero attached hydrogens (tertiary/aromatic N) is 2. The second kappa shape index (κ2) is 9.15. The van der Waals surface area contributed by atoms with Crippen LogP contribution in [0.5, 0.6) is 11.5 Å². The first kappa shape index (κ1) is 22.5. The van der Waals surface area contributed by atoms with E-state index in [-0.39, 0.29) is 10.8 Å². The Bertz CT molecular complexity index is 1480. The summed E-state index contributed by atoms with van der Waals surface area (Å²) in [6.07, 6.45) is 1.72. The molecular formula is C25H22N4O5S. The second-order valence-electron chi connectivity index (χ2n) is 7.87. The van der Waals surface area contributed by atoms with Crippen LogP contribution in [0.3, 0.4) is 0 Å². The van der Waals surface area contributed by atoms with E-state index in [0.717, 1.165) is 11.4 Å². The van der Waals surface area contributed by atoms with Crippen molar-refractivity contribution < 1.29 is 22.7 Å². The molecule has 5 rings (SSSR count). The quantitative estimate of drug-likeness (QED) is 0.423. The lowest BCUT2D eigenvalue weighted by molar-refractivity contribution is 0.102. The molecule has 1 amide bonds. The van der Waals surface area contributed by atoms with Crippen molar-refractivity contribution >= 4 is 27.3 Å². The summed E-state index contributed by atoms with van der Waals surface area (Å²) in [7, 11) is -3.83. The van der Waals surface area contributed by atoms with E-state index in [1.54, 1.807) is 53.3 Å². The Balaban J connectivity index is 1.24. The number of rotatable bonds is 6. The van der Waals surface area contributed by atoms with Crippen LogP contribution in [-0.4, -0.2) is 37.3 Å². The maximum absolute atomic E-state index is 12.8. The highest BCUT2D eigenvalue weighted by Crippen LogP contribution is 2.32. The fraction of sp³-hybridized carbons (Fsp3) is 0.120. The molecule has 9 nitrogen and oxygen atoms in total. The Morgan fingerprint density at radius 3 is 2.26 bits per heavy atom. The summed E-state index contributed by atoms with van der Waals surface area (Å²) < 4.78 is 40.8. The SMILES string of the molecule is Cc1ccnn1-c1ccc(C(=O)Nc2ccc(NS(=O)(=O)c3ccc4c(c3)OCCO4)cc2)cc1. The van der Waals surface area contributed by atoms with Crippen molar-refractivity contribution in [2.45, 2.75) is 11.8 Å². The van der Waals surface area contributed by atoms with Gasteiger partial charge >= 0.3 is 0 Å². The molecule has 1 aliphatic rings. The van der Waals surface area contributed by atoms with Crippen molar-refractivity contribution in [2.24, 2.45) is 0 Å². The summed E-state index contributed by atoms with van der Waals surface area (Å²) >= 11 is 0. The monoisotopic (exact) mass is 490 g/mol. The molecule has 0 unspecified atom stereocenters. The number of hydrogen-bond acceptors (Lipinski definition) is 6. The molecule has 35 heavy (non-hydrogen) atoms. The Morgan fingerprint density at radius 1 is 0.886 bits per heavy atom. The molecule has 0 aliphatic carbocycles. The topological polar surface area (TPSA) is 112 Å². The first-order valence-electron chi connectivity index (χ1n) is 10.8. The zero-order valence-electron chi connectivity index (χ0n) is 18.8. The van der Waals surface area contributed by atoms with Crippen LogP contribution in [0.25, 0.3) is 5.69 Å². The zero-order valence-corrected chi connectivity index (χ0v) is 19.6. The number of benzene rings is 3. The number of amides is 1. The van der Waals surface area contributed by atoms with Crippen LogP contribution in [0.4, 0.5) is 11.4 Å². The van der Waals surface area contributed by atoms with Crippen LogP contribution in [0, 0.1) is 6.92 Å². The summed E-state index contributed by atoms with van der Waals surface area (Å²) in [5, 5.41) is 7.07. The first-order chi connectivity index (χ1) is 16.9. The molecule has 1 aromatic heterocycles. The van der Waals surface area contributed by atoms with Gasteiger partial charge in [-0.2, -0.15) is 5.10 Å². The average molecular weight is 491 g/mol. The predicted molar refractivity (Wildman–Crippen MR) is 131 cm³/mol. The van der Waals surface area contributed by atoms with Crippen molar-refractivity contribution in [2.75, 3.05) is 23.3 Å². The summed E-state index contributed by atoms with van der Waals surface area (Å²) in [5.41, 5.74) is 3.23. The molecule has 0 atom stereocenters. The lowest BCUT2D eigenvalue weighted by Crippen LogP contribution is -2.17. The molecule has 2 N–H and O–H groups in total. The normalized spacial score (nSPS) is 12.7. The summed E-state index contributed by atoms with van der Waals surface area (Å²) in [6, 6.07) is 19.9. The molecule has 0 spiro atoms. The van der Waals surface area contributed by atoms with E-state index in [2.05, 4.69) is 15.1 Å². The van der Waals surface area contributed by atoms with Gasteiger partial charge in [-0.15, -0.1) is 0 Å². The summed E-state index contributed by atoms with van der Waals surface area (Å²) in [5.74, 6) is 0.629. The van der Waals surface area contributed by atoms with Crippen LogP contribution in [0.15, 0.2) is 83.9 Å². The highest BCUT2D eigenvalue weighted by molar-refractivity contribution is 7.92. The Morgan fingerprint density at radius 2 is 1.57 bits per heavy atom. The minimum absolute atomic E-state index is 0.0629. The molecule has 1 aliphatic heterocycles. The van der Waals surface area contributed by atoms with Crippen LogP contribution in [-0.2, 0) is 10.0 Å². The predicted octanol–water partition coefficient (Wildman–Crippen LogP) is 4.01. The summed E-state index contributed by atoms with van der Waals surface area (Å²) in [4.78, 5) is 12.7. The van der Waals surface area contributed by atoms with E-state index in [9.17, 15) is 13.2 Å². The van der Waals surface area contributed by atoms with E-state index in [1.807, 2.05) is 25.1 Å². The molecule has 0 saturated carbocycles. The number of carbonyl (C=O) groups excluding carboxylic acids is 1. The highest BCUT2D eigenvalue weighted by atomic mass is 32.2.